The van der Waals surface area contributed by atoms with Crippen LogP contribution >= 0.6 is 0 Å². The van der Waals surface area contributed by atoms with Gasteiger partial charge in [-0.3, -0.25) is 29.6 Å². The number of fused-ring (bicyclic) bond motifs is 2. The molecular weight excluding hydrogens is 522 g/mol. The van der Waals surface area contributed by atoms with Crippen LogP contribution in [0, 0.1) is 0 Å². The van der Waals surface area contributed by atoms with Crippen molar-refractivity contribution in [2.75, 3.05) is 20.2 Å². The van der Waals surface area contributed by atoms with Crippen LogP contribution in [0.2, 0.25) is 0 Å². The van der Waals surface area contributed by atoms with E-state index in [1.54, 1.807) is 18.2 Å². The highest BCUT2D eigenvalue weighted by molar-refractivity contribution is 6.05. The van der Waals surface area contributed by atoms with Crippen molar-refractivity contribution in [1.29, 1.82) is 0 Å². The summed E-state index contributed by atoms with van der Waals surface area (Å²) >= 11 is 0. The van der Waals surface area contributed by atoms with Gasteiger partial charge in [-0.15, -0.1) is 0 Å². The zero-order chi connectivity index (χ0) is 28.1. The lowest BCUT2D eigenvalue weighted by atomic mass is 9.92. The molecule has 3 aromatic rings. The van der Waals surface area contributed by atoms with Gasteiger partial charge in [-0.2, -0.15) is 0 Å². The molecular formula is C31H33N5O5. The zero-order valence-electron chi connectivity index (χ0n) is 23.1. The van der Waals surface area contributed by atoms with Crippen molar-refractivity contribution in [3.05, 3.63) is 53.2 Å². The Kier molecular flexibility index (Phi) is 6.67. The fraction of sp³-hybridized carbons (Fsp3) is 0.452. The highest BCUT2D eigenvalue weighted by Crippen LogP contribution is 2.36. The van der Waals surface area contributed by atoms with Crippen LogP contribution in [-0.4, -0.2) is 75.9 Å². The molecule has 3 fully saturated rings. The van der Waals surface area contributed by atoms with E-state index in [9.17, 15) is 14.4 Å². The van der Waals surface area contributed by atoms with Gasteiger partial charge in [-0.05, 0) is 61.7 Å². The molecule has 10 heteroatoms. The number of amides is 3. The second-order valence-corrected chi connectivity index (χ2v) is 11.5. The topological polar surface area (TPSA) is 114 Å². The maximum Gasteiger partial charge on any atom is 0.255 e. The first-order chi connectivity index (χ1) is 20.0. The molecule has 2 saturated heterocycles. The van der Waals surface area contributed by atoms with Gasteiger partial charge in [0.1, 0.15) is 23.4 Å². The van der Waals surface area contributed by atoms with Crippen LogP contribution in [0.3, 0.4) is 0 Å². The lowest BCUT2D eigenvalue weighted by molar-refractivity contribution is -0.136. The molecule has 10 nitrogen and oxygen atoms in total. The molecule has 0 bridgehead atoms. The van der Waals surface area contributed by atoms with Crippen molar-refractivity contribution < 1.29 is 23.9 Å². The normalized spacial score (nSPS) is 24.5. The van der Waals surface area contributed by atoms with E-state index in [-0.39, 0.29) is 30.4 Å². The number of rotatable bonds is 7. The monoisotopic (exact) mass is 555 g/mol. The van der Waals surface area contributed by atoms with Crippen LogP contribution in [-0.2, 0) is 27.4 Å². The quantitative estimate of drug-likeness (QED) is 0.442. The summed E-state index contributed by atoms with van der Waals surface area (Å²) in [6, 6.07) is 9.10. The van der Waals surface area contributed by atoms with Gasteiger partial charge in [0, 0.05) is 62.9 Å². The summed E-state index contributed by atoms with van der Waals surface area (Å²) < 4.78 is 11.8. The Morgan fingerprint density at radius 1 is 1.02 bits per heavy atom. The lowest BCUT2D eigenvalue weighted by Crippen LogP contribution is -2.52. The van der Waals surface area contributed by atoms with Crippen LogP contribution < -0.4 is 10.1 Å². The Morgan fingerprint density at radius 2 is 1.85 bits per heavy atom. The number of carbonyl (C=O) groups excluding carboxylic acids is 3. The van der Waals surface area contributed by atoms with Crippen molar-refractivity contribution >= 4 is 28.8 Å². The fourth-order valence-corrected chi connectivity index (χ4v) is 6.43. The van der Waals surface area contributed by atoms with Gasteiger partial charge in [0.25, 0.3) is 5.91 Å². The molecule has 2 aromatic heterocycles. The number of ether oxygens (including phenoxy) is 2. The van der Waals surface area contributed by atoms with Gasteiger partial charge in [-0.25, -0.2) is 4.98 Å². The molecule has 41 heavy (non-hydrogen) atoms. The van der Waals surface area contributed by atoms with Crippen molar-refractivity contribution in [1.82, 2.24) is 25.1 Å². The Bertz CT molecular complexity index is 1550. The van der Waals surface area contributed by atoms with Gasteiger partial charge in [0.15, 0.2) is 0 Å². The number of aromatic nitrogens is 2. The number of likely N-dealkylation sites (tertiary alicyclic amines) is 1. The molecule has 3 aliphatic heterocycles. The molecule has 1 saturated carbocycles. The third-order valence-corrected chi connectivity index (χ3v) is 8.83. The highest BCUT2D eigenvalue weighted by atomic mass is 16.5. The molecule has 212 valence electrons. The average molecular weight is 556 g/mol. The van der Waals surface area contributed by atoms with E-state index >= 15 is 0 Å². The Balaban J connectivity index is 1.23. The molecule has 5 heterocycles. The van der Waals surface area contributed by atoms with E-state index in [1.807, 2.05) is 24.3 Å². The van der Waals surface area contributed by atoms with Gasteiger partial charge < -0.3 is 14.4 Å². The first-order valence-electron chi connectivity index (χ1n) is 14.4. The Labute approximate surface area is 238 Å². The number of piperidine rings is 1. The van der Waals surface area contributed by atoms with Crippen LogP contribution in [0.25, 0.3) is 22.3 Å². The third-order valence-electron chi connectivity index (χ3n) is 8.83. The molecule has 0 spiro atoms. The molecule has 0 radical (unpaired) electrons. The number of hydrogen-bond donors (Lipinski definition) is 1. The number of hydrogen-bond acceptors (Lipinski definition) is 8. The van der Waals surface area contributed by atoms with E-state index in [1.165, 1.54) is 12.8 Å². The smallest absolute Gasteiger partial charge is 0.255 e. The second-order valence-electron chi connectivity index (χ2n) is 11.5. The summed E-state index contributed by atoms with van der Waals surface area (Å²) in [6.45, 7) is 3.23. The van der Waals surface area contributed by atoms with Crippen LogP contribution in [0.4, 0.5) is 0 Å². The van der Waals surface area contributed by atoms with Gasteiger partial charge >= 0.3 is 0 Å². The zero-order valence-corrected chi connectivity index (χ0v) is 23.1. The minimum atomic E-state index is -0.642. The lowest BCUT2D eigenvalue weighted by Gasteiger charge is -2.34. The summed E-state index contributed by atoms with van der Waals surface area (Å²) in [6.07, 6.45) is 6.78. The molecule has 7 rings (SSSR count). The van der Waals surface area contributed by atoms with E-state index in [2.05, 4.69) is 16.3 Å². The predicted octanol–water partition coefficient (Wildman–Crippen LogP) is 3.21. The number of nitrogens with one attached hydrogen (secondary N) is 1. The summed E-state index contributed by atoms with van der Waals surface area (Å²) in [5, 5.41) is 2.37. The third kappa shape index (κ3) is 4.85. The minimum Gasteiger partial charge on any atom is -0.488 e. The number of methoxy groups -OCH3 is 1. The van der Waals surface area contributed by atoms with Crippen LogP contribution in [0.1, 0.15) is 60.0 Å². The molecule has 1 unspecified atom stereocenters. The maximum absolute atomic E-state index is 13.2. The minimum absolute atomic E-state index is 0.0855. The van der Waals surface area contributed by atoms with E-state index in [4.69, 9.17) is 19.4 Å². The summed E-state index contributed by atoms with van der Waals surface area (Å²) in [4.78, 5) is 51.2. The molecule has 1 atom stereocenters. The number of benzene rings is 1. The van der Waals surface area contributed by atoms with E-state index < -0.39 is 11.9 Å². The molecule has 4 aliphatic rings. The number of carbonyl (C=O) groups is 3. The first kappa shape index (κ1) is 26.0. The summed E-state index contributed by atoms with van der Waals surface area (Å²) in [5.74, 6) is -0.163. The maximum atomic E-state index is 13.2. The Hall–Kier alpha value is -3.89. The number of nitrogens with zero attached hydrogens (tertiary/aromatic N) is 4. The first-order valence-corrected chi connectivity index (χ1v) is 14.4. The standard InChI is InChI=1S/C31H33N5O5/c1-40-21-14-22(15-21)41-26-8-9-32-28-20(16-35-10-2-3-11-35)13-24(33-29(26)28)18-4-5-23-19(12-18)17-36(31(23)39)25-6-7-27(37)34-30(25)38/h4-5,8-9,12-13,21-22,25H,2-3,6-7,10-11,14-17H2,1H3,(H,34,37,38). The van der Waals surface area contributed by atoms with Crippen molar-refractivity contribution in [3.63, 3.8) is 0 Å². The number of imide groups is 1. The largest absolute Gasteiger partial charge is 0.488 e. The highest BCUT2D eigenvalue weighted by Gasteiger charge is 2.39. The van der Waals surface area contributed by atoms with E-state index in [0.717, 1.165) is 71.6 Å². The van der Waals surface area contributed by atoms with Gasteiger partial charge in [0.2, 0.25) is 11.8 Å². The van der Waals surface area contributed by atoms with Crippen LogP contribution in [0.15, 0.2) is 36.5 Å². The molecule has 1 aliphatic carbocycles. The van der Waals surface area contributed by atoms with Crippen molar-refractivity contribution in [3.8, 4) is 17.0 Å². The van der Waals surface area contributed by atoms with E-state index in [0.29, 0.717) is 18.5 Å². The summed E-state index contributed by atoms with van der Waals surface area (Å²) in [7, 11) is 1.73. The summed E-state index contributed by atoms with van der Waals surface area (Å²) in [5.41, 5.74) is 5.81. The molecule has 1 N–H and O–H groups in total. The number of pyridine rings is 2. The van der Waals surface area contributed by atoms with Gasteiger partial charge in [-0.1, -0.05) is 6.07 Å². The SMILES string of the molecule is COC1CC(Oc2ccnc3c(CN4CCCC4)cc(-c4ccc5c(c4)CN(C4CCC(=O)NC4=O)C5=O)nc23)C1. The molecule has 1 aromatic carbocycles. The van der Waals surface area contributed by atoms with Gasteiger partial charge in [0.05, 0.1) is 17.3 Å². The predicted molar refractivity (Wildman–Crippen MR) is 150 cm³/mol. The average Bonchev–Trinajstić information content (AvgIpc) is 3.58. The molecule has 3 amide bonds. The Morgan fingerprint density at radius 3 is 2.63 bits per heavy atom. The fourth-order valence-electron chi connectivity index (χ4n) is 6.43. The second kappa shape index (κ2) is 10.5. The van der Waals surface area contributed by atoms with Crippen molar-refractivity contribution in [2.24, 2.45) is 0 Å². The van der Waals surface area contributed by atoms with Crippen molar-refractivity contribution in [2.45, 2.75) is 69.9 Å². The van der Waals surface area contributed by atoms with Crippen LogP contribution in [0.5, 0.6) is 5.75 Å².